The zero-order valence-corrected chi connectivity index (χ0v) is 23.6. The summed E-state index contributed by atoms with van der Waals surface area (Å²) in [6.07, 6.45) is -0.670. The molecule has 1 aliphatic rings. The van der Waals surface area contributed by atoms with Crippen LogP contribution in [0.2, 0.25) is 0 Å². The molecule has 11 heteroatoms. The highest BCUT2D eigenvalue weighted by Gasteiger charge is 2.36. The number of hydrogen-bond acceptors (Lipinski definition) is 6. The SMILES string of the molecule is Cc1ccc(S(=O)(=O)N(C)C[C@H]2Oc3c(NC(=O)NC(C)C)cccc3C(=O)N([C@@H](C)CO)C[C@@H]2C)cc1. The van der Waals surface area contributed by atoms with E-state index in [1.54, 1.807) is 54.3 Å². The second-order valence-electron chi connectivity index (χ2n) is 10.2. The van der Waals surface area contributed by atoms with Gasteiger partial charge in [0, 0.05) is 25.6 Å². The maximum absolute atomic E-state index is 13.6. The number of hydrogen-bond donors (Lipinski definition) is 3. The van der Waals surface area contributed by atoms with Crippen molar-refractivity contribution in [2.45, 2.75) is 57.7 Å². The zero-order chi connectivity index (χ0) is 28.2. The van der Waals surface area contributed by atoms with Gasteiger partial charge >= 0.3 is 6.03 Å². The number of carbonyl (C=O) groups is 2. The Bertz CT molecular complexity index is 1250. The number of ether oxygens (including phenoxy) is 1. The first-order valence-electron chi connectivity index (χ1n) is 12.7. The maximum atomic E-state index is 13.6. The number of aliphatic hydroxyl groups excluding tert-OH is 1. The molecule has 0 radical (unpaired) electrons. The van der Waals surface area contributed by atoms with Crippen molar-refractivity contribution in [2.24, 2.45) is 5.92 Å². The highest BCUT2D eigenvalue weighted by Crippen LogP contribution is 2.35. The topological polar surface area (TPSA) is 128 Å². The van der Waals surface area contributed by atoms with Gasteiger partial charge in [-0.3, -0.25) is 4.79 Å². The van der Waals surface area contributed by atoms with Gasteiger partial charge in [0.05, 0.1) is 35.3 Å². The number of urea groups is 1. The molecule has 0 aromatic heterocycles. The van der Waals surface area contributed by atoms with Crippen molar-refractivity contribution in [2.75, 3.05) is 32.1 Å². The molecule has 10 nitrogen and oxygen atoms in total. The van der Waals surface area contributed by atoms with Crippen molar-refractivity contribution >= 4 is 27.6 Å². The second-order valence-corrected chi connectivity index (χ2v) is 12.2. The second kappa shape index (κ2) is 12.1. The Balaban J connectivity index is 2.02. The number of amides is 3. The lowest BCUT2D eigenvalue weighted by molar-refractivity contribution is 0.0389. The summed E-state index contributed by atoms with van der Waals surface area (Å²) in [7, 11) is -2.32. The number of carbonyl (C=O) groups excluding carboxylic acids is 2. The Morgan fingerprint density at radius 3 is 2.45 bits per heavy atom. The van der Waals surface area contributed by atoms with E-state index in [-0.39, 0.29) is 59.5 Å². The van der Waals surface area contributed by atoms with E-state index in [0.29, 0.717) is 0 Å². The Kier molecular flexibility index (Phi) is 9.40. The lowest BCUT2D eigenvalue weighted by Gasteiger charge is -2.38. The van der Waals surface area contributed by atoms with Crippen molar-refractivity contribution in [1.82, 2.24) is 14.5 Å². The van der Waals surface area contributed by atoms with Crippen molar-refractivity contribution in [3.8, 4) is 5.75 Å². The van der Waals surface area contributed by atoms with Gasteiger partial charge in [0.1, 0.15) is 6.10 Å². The molecule has 3 N–H and O–H groups in total. The van der Waals surface area contributed by atoms with Gasteiger partial charge in [0.2, 0.25) is 10.0 Å². The van der Waals surface area contributed by atoms with Crippen LogP contribution in [-0.2, 0) is 10.0 Å². The molecule has 3 atom stereocenters. The van der Waals surface area contributed by atoms with Crippen LogP contribution in [0.1, 0.15) is 43.6 Å². The van der Waals surface area contributed by atoms with Crippen molar-refractivity contribution in [3.05, 3.63) is 53.6 Å². The Labute approximate surface area is 225 Å². The minimum atomic E-state index is -3.81. The predicted octanol–water partition coefficient (Wildman–Crippen LogP) is 3.07. The van der Waals surface area contributed by atoms with Crippen molar-refractivity contribution < 1.29 is 27.9 Å². The predicted molar refractivity (Wildman–Crippen MR) is 146 cm³/mol. The Morgan fingerprint density at radius 2 is 1.84 bits per heavy atom. The zero-order valence-electron chi connectivity index (χ0n) is 22.8. The molecule has 0 spiro atoms. The minimum absolute atomic E-state index is 0.00111. The van der Waals surface area contributed by atoms with Crippen LogP contribution in [0.15, 0.2) is 47.4 Å². The summed E-state index contributed by atoms with van der Waals surface area (Å²) >= 11 is 0. The highest BCUT2D eigenvalue weighted by molar-refractivity contribution is 7.89. The number of para-hydroxylation sites is 1. The van der Waals surface area contributed by atoms with Crippen molar-refractivity contribution in [3.63, 3.8) is 0 Å². The first kappa shape index (κ1) is 29.4. The number of nitrogens with zero attached hydrogens (tertiary/aromatic N) is 2. The molecule has 0 saturated heterocycles. The summed E-state index contributed by atoms with van der Waals surface area (Å²) in [4.78, 5) is 27.8. The summed E-state index contributed by atoms with van der Waals surface area (Å²) in [6.45, 7) is 9.15. The van der Waals surface area contributed by atoms with Gasteiger partial charge in [0.15, 0.2) is 5.75 Å². The van der Waals surface area contributed by atoms with Crippen LogP contribution in [0.4, 0.5) is 10.5 Å². The third kappa shape index (κ3) is 6.64. The monoisotopic (exact) mass is 546 g/mol. The molecule has 0 aliphatic carbocycles. The number of likely N-dealkylation sites (N-methyl/N-ethyl adjacent to an activating group) is 1. The number of benzene rings is 2. The van der Waals surface area contributed by atoms with Crippen LogP contribution >= 0.6 is 0 Å². The van der Waals surface area contributed by atoms with Gasteiger partial charge in [-0.1, -0.05) is 30.7 Å². The summed E-state index contributed by atoms with van der Waals surface area (Å²) in [6, 6.07) is 10.4. The number of aryl methyl sites for hydroxylation is 1. The van der Waals surface area contributed by atoms with E-state index < -0.39 is 28.2 Å². The molecule has 0 unspecified atom stereocenters. The van der Waals surface area contributed by atoms with E-state index in [4.69, 9.17) is 4.74 Å². The Morgan fingerprint density at radius 1 is 1.18 bits per heavy atom. The number of rotatable bonds is 8. The molecule has 3 rings (SSSR count). The number of nitrogens with one attached hydrogen (secondary N) is 2. The fraction of sp³-hybridized carbons (Fsp3) is 0.481. The van der Waals surface area contributed by atoms with Gasteiger partial charge < -0.3 is 25.4 Å². The van der Waals surface area contributed by atoms with E-state index in [2.05, 4.69) is 10.6 Å². The summed E-state index contributed by atoms with van der Waals surface area (Å²) in [5, 5.41) is 15.3. The minimum Gasteiger partial charge on any atom is -0.486 e. The smallest absolute Gasteiger partial charge is 0.319 e. The normalized spacial score (nSPS) is 18.9. The summed E-state index contributed by atoms with van der Waals surface area (Å²) in [5.41, 5.74) is 1.45. The molecule has 0 bridgehead atoms. The Hall–Kier alpha value is -3.15. The fourth-order valence-electron chi connectivity index (χ4n) is 4.22. The molecule has 2 aromatic carbocycles. The number of anilines is 1. The largest absolute Gasteiger partial charge is 0.486 e. The lowest BCUT2D eigenvalue weighted by Crippen LogP contribution is -2.50. The maximum Gasteiger partial charge on any atom is 0.319 e. The van der Waals surface area contributed by atoms with E-state index in [9.17, 15) is 23.1 Å². The van der Waals surface area contributed by atoms with Crippen LogP contribution in [0.25, 0.3) is 0 Å². The molecular weight excluding hydrogens is 508 g/mol. The standard InChI is InChI=1S/C27H38N4O6S/c1-17(2)28-27(34)29-23-9-7-8-22-25(23)37-24(19(4)14-31(26(22)33)20(5)16-32)15-30(6)38(35,36)21-12-10-18(3)11-13-21/h7-13,17,19-20,24,32H,14-16H2,1-6H3,(H2,28,29,34)/t19-,20-,24+/m0/s1. The van der Waals surface area contributed by atoms with E-state index >= 15 is 0 Å². The average molecular weight is 547 g/mol. The van der Waals surface area contributed by atoms with Gasteiger partial charge in [0.25, 0.3) is 5.91 Å². The third-order valence-electron chi connectivity index (χ3n) is 6.53. The molecule has 38 heavy (non-hydrogen) atoms. The molecule has 0 fully saturated rings. The molecule has 3 amide bonds. The van der Waals surface area contributed by atoms with E-state index in [0.717, 1.165) is 5.56 Å². The van der Waals surface area contributed by atoms with Crippen LogP contribution in [0.3, 0.4) is 0 Å². The van der Waals surface area contributed by atoms with Crippen LogP contribution < -0.4 is 15.4 Å². The van der Waals surface area contributed by atoms with Gasteiger partial charge in [-0.25, -0.2) is 13.2 Å². The molecule has 208 valence electrons. The molecule has 2 aromatic rings. The van der Waals surface area contributed by atoms with Gasteiger partial charge in [-0.2, -0.15) is 4.31 Å². The summed E-state index contributed by atoms with van der Waals surface area (Å²) in [5.74, 6) is -0.501. The molecule has 0 saturated carbocycles. The van der Waals surface area contributed by atoms with Crippen LogP contribution in [0.5, 0.6) is 5.75 Å². The number of aliphatic hydroxyl groups is 1. The van der Waals surface area contributed by atoms with Gasteiger partial charge in [-0.05, 0) is 52.0 Å². The van der Waals surface area contributed by atoms with Gasteiger partial charge in [-0.15, -0.1) is 0 Å². The third-order valence-corrected chi connectivity index (χ3v) is 8.36. The molecule has 1 aliphatic heterocycles. The number of fused-ring (bicyclic) bond motifs is 1. The first-order chi connectivity index (χ1) is 17.8. The van der Waals surface area contributed by atoms with Crippen LogP contribution in [-0.4, -0.2) is 79.6 Å². The lowest BCUT2D eigenvalue weighted by atomic mass is 9.99. The summed E-state index contributed by atoms with van der Waals surface area (Å²) < 4.78 is 34.3. The number of sulfonamides is 1. The van der Waals surface area contributed by atoms with E-state index in [1.165, 1.54) is 11.4 Å². The van der Waals surface area contributed by atoms with E-state index in [1.807, 2.05) is 27.7 Å². The highest BCUT2D eigenvalue weighted by atomic mass is 32.2. The van der Waals surface area contributed by atoms with Crippen molar-refractivity contribution in [1.29, 1.82) is 0 Å². The molecule has 1 heterocycles. The molecular formula is C27H38N4O6S. The average Bonchev–Trinajstić information content (AvgIpc) is 2.85. The fourth-order valence-corrected chi connectivity index (χ4v) is 5.41. The van der Waals surface area contributed by atoms with Crippen LogP contribution in [0, 0.1) is 12.8 Å². The quantitative estimate of drug-likeness (QED) is 0.467. The first-order valence-corrected chi connectivity index (χ1v) is 14.1.